The average Bonchev–Trinajstić information content (AvgIpc) is 2.99. The second-order valence-corrected chi connectivity index (χ2v) is 6.33. The molecule has 1 saturated heterocycles. The number of benzene rings is 1. The summed E-state index contributed by atoms with van der Waals surface area (Å²) in [6.45, 7) is 2.09. The quantitative estimate of drug-likeness (QED) is 0.836. The number of thioether (sulfide) groups is 1. The highest BCUT2D eigenvalue weighted by atomic mass is 35.5. The number of aryl methyl sites for hydroxylation is 1. The molecule has 120 valence electrons. The van der Waals surface area contributed by atoms with Crippen LogP contribution in [0.4, 0.5) is 4.79 Å². The highest BCUT2D eigenvalue weighted by Gasteiger charge is 2.29. The van der Waals surface area contributed by atoms with E-state index in [4.69, 9.17) is 11.6 Å². The number of halogens is 1. The van der Waals surface area contributed by atoms with Gasteiger partial charge in [-0.15, -0.1) is 0 Å². The maximum atomic E-state index is 12.5. The first-order valence-electron chi connectivity index (χ1n) is 6.87. The van der Waals surface area contributed by atoms with Crippen LogP contribution in [0.3, 0.4) is 0 Å². The Hall–Kier alpha value is -2.06. The van der Waals surface area contributed by atoms with Gasteiger partial charge in [-0.05, 0) is 31.2 Å². The fraction of sp³-hybridized carbons (Fsp3) is 0.286. The van der Waals surface area contributed by atoms with Crippen LogP contribution in [-0.4, -0.2) is 42.7 Å². The summed E-state index contributed by atoms with van der Waals surface area (Å²) < 4.78 is 2.71. The van der Waals surface area contributed by atoms with Crippen molar-refractivity contribution in [3.63, 3.8) is 0 Å². The van der Waals surface area contributed by atoms with Gasteiger partial charge in [0.25, 0.3) is 5.24 Å². The van der Waals surface area contributed by atoms with E-state index in [2.05, 4.69) is 5.10 Å². The lowest BCUT2D eigenvalue weighted by atomic mass is 10.3. The van der Waals surface area contributed by atoms with Crippen LogP contribution >= 0.6 is 23.4 Å². The molecular weight excluding hydrogens is 340 g/mol. The predicted octanol–water partition coefficient (Wildman–Crippen LogP) is 1.69. The molecule has 1 aliphatic heterocycles. The van der Waals surface area contributed by atoms with Crippen LogP contribution in [0.5, 0.6) is 0 Å². The lowest BCUT2D eigenvalue weighted by Gasteiger charge is -2.12. The molecule has 7 nitrogen and oxygen atoms in total. The van der Waals surface area contributed by atoms with E-state index in [1.54, 1.807) is 31.2 Å². The van der Waals surface area contributed by atoms with Crippen LogP contribution in [0, 0.1) is 6.92 Å². The van der Waals surface area contributed by atoms with Crippen LogP contribution in [0.1, 0.15) is 5.82 Å². The number of carbonyl (C=O) groups excluding carboxylic acids is 2. The van der Waals surface area contributed by atoms with Gasteiger partial charge in [-0.1, -0.05) is 23.4 Å². The maximum absolute atomic E-state index is 12.5. The van der Waals surface area contributed by atoms with E-state index in [9.17, 15) is 14.4 Å². The van der Waals surface area contributed by atoms with Gasteiger partial charge in [0.15, 0.2) is 0 Å². The van der Waals surface area contributed by atoms with E-state index in [1.807, 2.05) is 0 Å². The standard InChI is InChI=1S/C14H13ClN4O3S/c1-9-16-19(11-4-2-10(15)3-5-11)13(21)17(9)6-7-18-12(20)8-23-14(18)22/h2-5H,6-8H2,1H3. The number of rotatable bonds is 4. The Bertz CT molecular complexity index is 812. The highest BCUT2D eigenvalue weighted by molar-refractivity contribution is 8.14. The zero-order valence-corrected chi connectivity index (χ0v) is 13.8. The van der Waals surface area contributed by atoms with E-state index < -0.39 is 0 Å². The molecule has 0 saturated carbocycles. The Balaban J connectivity index is 1.84. The smallest absolute Gasteiger partial charge is 0.277 e. The van der Waals surface area contributed by atoms with Crippen LogP contribution in [-0.2, 0) is 11.3 Å². The summed E-state index contributed by atoms with van der Waals surface area (Å²) in [7, 11) is 0. The minimum Gasteiger partial charge on any atom is -0.277 e. The molecule has 1 aliphatic rings. The molecule has 1 fully saturated rings. The molecule has 0 unspecified atom stereocenters. The molecule has 9 heteroatoms. The Morgan fingerprint density at radius 3 is 2.48 bits per heavy atom. The SMILES string of the molecule is Cc1nn(-c2ccc(Cl)cc2)c(=O)n1CCN1C(=O)CSC1=O. The number of aromatic nitrogens is 3. The summed E-state index contributed by atoms with van der Waals surface area (Å²) >= 11 is 6.82. The molecule has 2 amide bonds. The summed E-state index contributed by atoms with van der Waals surface area (Å²) in [4.78, 5) is 36.8. The van der Waals surface area contributed by atoms with Gasteiger partial charge in [-0.3, -0.25) is 19.1 Å². The molecule has 3 rings (SSSR count). The van der Waals surface area contributed by atoms with E-state index >= 15 is 0 Å². The average molecular weight is 353 g/mol. The molecule has 0 aliphatic carbocycles. The van der Waals surface area contributed by atoms with Gasteiger partial charge < -0.3 is 0 Å². The first-order chi connectivity index (χ1) is 11.0. The van der Waals surface area contributed by atoms with Crippen LogP contribution < -0.4 is 5.69 Å². The van der Waals surface area contributed by atoms with E-state index in [-0.39, 0.29) is 35.7 Å². The van der Waals surface area contributed by atoms with Gasteiger partial charge in [0, 0.05) is 18.1 Å². The zero-order chi connectivity index (χ0) is 16.6. The van der Waals surface area contributed by atoms with Crippen molar-refractivity contribution in [1.82, 2.24) is 19.2 Å². The number of imide groups is 1. The third kappa shape index (κ3) is 3.04. The Kier molecular flexibility index (Phi) is 4.27. The normalized spacial score (nSPS) is 14.8. The summed E-state index contributed by atoms with van der Waals surface area (Å²) in [5.41, 5.74) is 0.279. The minimum absolute atomic E-state index is 0.163. The van der Waals surface area contributed by atoms with Gasteiger partial charge >= 0.3 is 5.69 Å². The fourth-order valence-electron chi connectivity index (χ4n) is 2.30. The second kappa shape index (κ2) is 6.21. The number of amides is 2. The van der Waals surface area contributed by atoms with Crippen LogP contribution in [0.15, 0.2) is 29.1 Å². The van der Waals surface area contributed by atoms with Crippen molar-refractivity contribution < 1.29 is 9.59 Å². The third-order valence-corrected chi connectivity index (χ3v) is 4.62. The molecule has 1 aromatic carbocycles. The van der Waals surface area contributed by atoms with E-state index in [1.165, 1.54) is 9.25 Å². The number of nitrogens with zero attached hydrogens (tertiary/aromatic N) is 4. The van der Waals surface area contributed by atoms with Crippen LogP contribution in [0.2, 0.25) is 5.02 Å². The molecule has 2 heterocycles. The first-order valence-corrected chi connectivity index (χ1v) is 8.23. The molecule has 2 aromatic rings. The van der Waals surface area contributed by atoms with Gasteiger partial charge in [0.1, 0.15) is 5.82 Å². The Morgan fingerprint density at radius 2 is 1.87 bits per heavy atom. The summed E-state index contributed by atoms with van der Waals surface area (Å²) in [5, 5.41) is 4.52. The predicted molar refractivity (Wildman–Crippen MR) is 87.1 cm³/mol. The summed E-state index contributed by atoms with van der Waals surface area (Å²) in [6.07, 6.45) is 0. The largest absolute Gasteiger partial charge is 0.350 e. The van der Waals surface area contributed by atoms with Crippen molar-refractivity contribution in [2.45, 2.75) is 13.5 Å². The zero-order valence-electron chi connectivity index (χ0n) is 12.2. The second-order valence-electron chi connectivity index (χ2n) is 4.97. The van der Waals surface area contributed by atoms with Gasteiger partial charge in [0.05, 0.1) is 11.4 Å². The number of carbonyl (C=O) groups is 2. The molecule has 23 heavy (non-hydrogen) atoms. The Morgan fingerprint density at radius 1 is 1.17 bits per heavy atom. The van der Waals surface area contributed by atoms with Crippen molar-refractivity contribution in [1.29, 1.82) is 0 Å². The lowest BCUT2D eigenvalue weighted by molar-refractivity contribution is -0.124. The van der Waals surface area contributed by atoms with E-state index in [0.717, 1.165) is 16.7 Å². The van der Waals surface area contributed by atoms with Crippen molar-refractivity contribution in [3.8, 4) is 5.69 Å². The van der Waals surface area contributed by atoms with Crippen molar-refractivity contribution in [3.05, 3.63) is 45.6 Å². The summed E-state index contributed by atoms with van der Waals surface area (Å²) in [5.74, 6) is 0.448. The van der Waals surface area contributed by atoms with Crippen molar-refractivity contribution >= 4 is 34.5 Å². The maximum Gasteiger partial charge on any atom is 0.350 e. The lowest BCUT2D eigenvalue weighted by Crippen LogP contribution is -2.34. The molecule has 0 bridgehead atoms. The van der Waals surface area contributed by atoms with Crippen LogP contribution in [0.25, 0.3) is 5.69 Å². The van der Waals surface area contributed by atoms with Gasteiger partial charge in [-0.2, -0.15) is 9.78 Å². The monoisotopic (exact) mass is 352 g/mol. The molecular formula is C14H13ClN4O3S. The van der Waals surface area contributed by atoms with Gasteiger partial charge in [0.2, 0.25) is 5.91 Å². The number of hydrogen-bond acceptors (Lipinski definition) is 5. The Labute approximate surface area is 140 Å². The molecule has 0 radical (unpaired) electrons. The third-order valence-electron chi connectivity index (χ3n) is 3.51. The van der Waals surface area contributed by atoms with Gasteiger partial charge in [-0.25, -0.2) is 4.79 Å². The van der Waals surface area contributed by atoms with Crippen molar-refractivity contribution in [2.75, 3.05) is 12.3 Å². The fourth-order valence-corrected chi connectivity index (χ4v) is 3.18. The first kappa shape index (κ1) is 15.8. The summed E-state index contributed by atoms with van der Waals surface area (Å²) in [6, 6.07) is 6.75. The topological polar surface area (TPSA) is 77.2 Å². The van der Waals surface area contributed by atoms with Crippen molar-refractivity contribution in [2.24, 2.45) is 0 Å². The van der Waals surface area contributed by atoms with E-state index in [0.29, 0.717) is 16.5 Å². The molecule has 0 N–H and O–H groups in total. The minimum atomic E-state index is -0.323. The number of hydrogen-bond donors (Lipinski definition) is 0. The molecule has 0 atom stereocenters. The molecule has 0 spiro atoms. The highest BCUT2D eigenvalue weighted by Crippen LogP contribution is 2.18. The molecule has 1 aromatic heterocycles.